The fraction of sp³-hybridized carbons (Fsp3) is 0.214. The maximum absolute atomic E-state index is 12.4. The standard InChI is InChI=1S/C14H13N5O5S2.Cs.H3O4P/c1-2-5-3-25-12-8(11(21)19(12)9(5)13(22)23)17-10(20)7(18-24)6-4-26-14(15)16-6;;1-5(2,3)4/h2,4,8,12,24H,1,3H2,(H2,15,16)(H,17,20)(H,22,23);;(H3,1,2,3,4)/q;+1;/p-1/t8-,12-;;/m1../s1. The Morgan fingerprint density at radius 3 is 2.50 bits per heavy atom. The number of hydrogen-bond acceptors (Lipinski definition) is 11. The van der Waals surface area contributed by atoms with E-state index in [9.17, 15) is 19.5 Å². The number of hydrogen-bond donors (Lipinski definition) is 6. The minimum Gasteiger partial charge on any atom is -0.756 e. The topological polar surface area (TPSA) is 239 Å². The van der Waals surface area contributed by atoms with Crippen LogP contribution in [-0.2, 0) is 18.9 Å². The molecule has 0 bridgehead atoms. The number of amides is 2. The first-order valence-corrected chi connectivity index (χ1v) is 11.4. The number of fused-ring (bicyclic) bond motifs is 1. The molecule has 2 amide bonds. The van der Waals surface area contributed by atoms with E-state index in [1.165, 1.54) is 23.2 Å². The predicted octanol–water partition coefficient (Wildman–Crippen LogP) is -4.73. The number of carbonyl (C=O) groups excluding carboxylic acids is 2. The number of thioether (sulfide) groups is 1. The zero-order chi connectivity index (χ0) is 23.5. The molecule has 1 fully saturated rings. The first-order valence-electron chi connectivity index (χ1n) is 7.93. The zero-order valence-electron chi connectivity index (χ0n) is 16.2. The van der Waals surface area contributed by atoms with Crippen LogP contribution in [0.5, 0.6) is 0 Å². The van der Waals surface area contributed by atoms with Crippen LogP contribution in [-0.4, -0.2) is 70.6 Å². The molecule has 1 saturated heterocycles. The molecule has 0 radical (unpaired) electrons. The van der Waals surface area contributed by atoms with Crippen LogP contribution in [0.2, 0.25) is 0 Å². The number of carboxylic acid groups (broad SMARTS) is 1. The van der Waals surface area contributed by atoms with Gasteiger partial charge < -0.3 is 36.0 Å². The normalized spacial score (nSPS) is 20.2. The Labute approximate surface area is 247 Å². The number of nitrogen functional groups attached to an aromatic ring is 1. The van der Waals surface area contributed by atoms with Crippen molar-refractivity contribution in [3.63, 3.8) is 0 Å². The number of aliphatic carboxylic acids is 1. The fourth-order valence-corrected chi connectivity index (χ4v) is 4.51. The third kappa shape index (κ3) is 7.15. The molecule has 168 valence electrons. The third-order valence-electron chi connectivity index (χ3n) is 3.81. The summed E-state index contributed by atoms with van der Waals surface area (Å²) in [5, 5.41) is 24.9. The van der Waals surface area contributed by atoms with Crippen molar-refractivity contribution < 1.29 is 113 Å². The largest absolute Gasteiger partial charge is 1.00 e. The van der Waals surface area contributed by atoms with Crippen LogP contribution in [0.3, 0.4) is 0 Å². The Hall–Kier alpha value is -0.698. The van der Waals surface area contributed by atoms with E-state index in [1.54, 1.807) is 0 Å². The Balaban J connectivity index is 0.000000770. The van der Waals surface area contributed by atoms with Crippen LogP contribution in [0.15, 0.2) is 34.5 Å². The number of oxime groups is 1. The maximum atomic E-state index is 12.4. The third-order valence-corrected chi connectivity index (χ3v) is 5.79. The quantitative estimate of drug-likeness (QED) is 0.0595. The van der Waals surface area contributed by atoms with Gasteiger partial charge in [0.15, 0.2) is 10.8 Å². The van der Waals surface area contributed by atoms with Gasteiger partial charge in [0.05, 0.1) is 0 Å². The van der Waals surface area contributed by atoms with E-state index in [1.807, 2.05) is 0 Å². The number of carbonyl (C=O) groups is 3. The minimum atomic E-state index is -4.89. The van der Waals surface area contributed by atoms with Gasteiger partial charge in [-0.25, -0.2) is 9.78 Å². The summed E-state index contributed by atoms with van der Waals surface area (Å²) in [6.45, 7) is 3.56. The van der Waals surface area contributed by atoms with E-state index in [2.05, 4.69) is 22.0 Å². The number of rotatable bonds is 5. The van der Waals surface area contributed by atoms with Crippen molar-refractivity contribution in [3.8, 4) is 0 Å². The van der Waals surface area contributed by atoms with Crippen LogP contribution >= 0.6 is 30.9 Å². The number of aromatic nitrogens is 1. The molecule has 1 aromatic heterocycles. The summed E-state index contributed by atoms with van der Waals surface area (Å²) in [7, 11) is -4.89. The van der Waals surface area contributed by atoms with Gasteiger partial charge in [-0.05, 0) is 5.57 Å². The second kappa shape index (κ2) is 12.1. The van der Waals surface area contributed by atoms with Crippen LogP contribution in [0.25, 0.3) is 0 Å². The summed E-state index contributed by atoms with van der Waals surface area (Å²) in [5.41, 5.74) is 5.49. The molecule has 2 aliphatic rings. The first-order chi connectivity index (χ1) is 14.4. The number of phosphoric acid groups is 1. The van der Waals surface area contributed by atoms with E-state index >= 15 is 0 Å². The molecule has 1 aromatic rings. The molecule has 2 atom stereocenters. The van der Waals surface area contributed by atoms with E-state index in [-0.39, 0.29) is 91.1 Å². The molecule has 0 saturated carbocycles. The van der Waals surface area contributed by atoms with Crippen molar-refractivity contribution in [2.24, 2.45) is 5.16 Å². The molecule has 0 aromatic carbocycles. The van der Waals surface area contributed by atoms with Crippen molar-refractivity contribution >= 4 is 59.5 Å². The zero-order valence-corrected chi connectivity index (χ0v) is 25.0. The monoisotopic (exact) mass is 625 g/mol. The van der Waals surface area contributed by atoms with Gasteiger partial charge in [-0.3, -0.25) is 19.1 Å². The Morgan fingerprint density at radius 1 is 1.47 bits per heavy atom. The van der Waals surface area contributed by atoms with Gasteiger partial charge in [0, 0.05) is 11.1 Å². The van der Waals surface area contributed by atoms with Gasteiger partial charge in [-0.2, -0.15) is 0 Å². The molecule has 3 heterocycles. The van der Waals surface area contributed by atoms with Gasteiger partial charge in [-0.15, -0.1) is 23.1 Å². The summed E-state index contributed by atoms with van der Waals surface area (Å²) in [4.78, 5) is 64.1. The van der Waals surface area contributed by atoms with Crippen molar-refractivity contribution in [2.45, 2.75) is 11.4 Å². The van der Waals surface area contributed by atoms with Crippen molar-refractivity contribution in [1.29, 1.82) is 0 Å². The molecule has 7 N–H and O–H groups in total. The van der Waals surface area contributed by atoms with Gasteiger partial charge in [-0.1, -0.05) is 17.8 Å². The Bertz CT molecular complexity index is 1030. The molecule has 2 aliphatic heterocycles. The number of anilines is 1. The van der Waals surface area contributed by atoms with Crippen LogP contribution < -0.4 is 84.8 Å². The van der Waals surface area contributed by atoms with E-state index in [0.717, 1.165) is 16.2 Å². The Morgan fingerprint density at radius 2 is 2.06 bits per heavy atom. The molecule has 3 rings (SSSR count). The summed E-state index contributed by atoms with van der Waals surface area (Å²) < 4.78 is 8.77. The number of allylic oxidation sites excluding steroid dienone is 1. The second-order valence-electron chi connectivity index (χ2n) is 5.75. The summed E-state index contributed by atoms with van der Waals surface area (Å²) in [5.74, 6) is -2.27. The number of nitrogens with one attached hydrogen (secondary N) is 1. The molecular weight excluding hydrogens is 610 g/mol. The first kappa shape index (κ1) is 29.3. The average molecular weight is 625 g/mol. The molecule has 18 heteroatoms. The van der Waals surface area contributed by atoms with Crippen molar-refractivity contribution in [1.82, 2.24) is 15.2 Å². The summed E-state index contributed by atoms with van der Waals surface area (Å²) >= 11 is 2.37. The molecular formula is C14H15CsN5O9PS2. The minimum absolute atomic E-state index is 0. The molecule has 0 unspecified atom stereocenters. The van der Waals surface area contributed by atoms with Gasteiger partial charge >= 0.3 is 74.9 Å². The fourth-order valence-electron chi connectivity index (χ4n) is 2.62. The maximum Gasteiger partial charge on any atom is 1.00 e. The van der Waals surface area contributed by atoms with Gasteiger partial charge in [0.2, 0.25) is 0 Å². The summed E-state index contributed by atoms with van der Waals surface area (Å²) in [6, 6.07) is -0.944. The molecule has 14 nitrogen and oxygen atoms in total. The Kier molecular flexibility index (Phi) is 11.1. The van der Waals surface area contributed by atoms with Gasteiger partial charge in [0.1, 0.15) is 22.8 Å². The van der Waals surface area contributed by atoms with Crippen LogP contribution in [0.4, 0.5) is 5.13 Å². The predicted molar refractivity (Wildman–Crippen MR) is 107 cm³/mol. The molecule has 0 spiro atoms. The number of thiazole rings is 1. The van der Waals surface area contributed by atoms with E-state index < -0.39 is 37.0 Å². The molecule has 32 heavy (non-hydrogen) atoms. The van der Waals surface area contributed by atoms with Crippen molar-refractivity contribution in [3.05, 3.63) is 35.0 Å². The number of nitrogens with two attached hydrogens (primary N) is 1. The van der Waals surface area contributed by atoms with E-state index in [0.29, 0.717) is 11.3 Å². The van der Waals surface area contributed by atoms with E-state index in [4.69, 9.17) is 30.2 Å². The second-order valence-corrected chi connectivity index (χ2v) is 8.73. The van der Waals surface area contributed by atoms with Gasteiger partial charge in [0.25, 0.3) is 19.6 Å². The van der Waals surface area contributed by atoms with Crippen LogP contribution in [0, 0.1) is 0 Å². The SMILES string of the molecule is C=CC1=C(C(=O)O)N2C(=O)[C@@H](NC(=O)C(=NO)c3csc(N)n3)[C@H]2SC1.O=P([O-])(O)O.[Cs+]. The number of nitrogens with zero attached hydrogens (tertiary/aromatic N) is 3. The van der Waals surface area contributed by atoms with Crippen molar-refractivity contribution in [2.75, 3.05) is 11.5 Å². The smallest absolute Gasteiger partial charge is 0.756 e. The van der Waals surface area contributed by atoms with Crippen LogP contribution in [0.1, 0.15) is 5.69 Å². The number of carboxylic acids is 1. The average Bonchev–Trinajstić information content (AvgIpc) is 3.09. The number of β-lactam (4-membered cyclic amide) rings is 1. The molecule has 0 aliphatic carbocycles. The summed E-state index contributed by atoms with van der Waals surface area (Å²) in [6.07, 6.45) is 1.40.